The van der Waals surface area contributed by atoms with Crippen LogP contribution in [0.4, 0.5) is 0 Å². The maximum Gasteiger partial charge on any atom is 0.224 e. The second-order valence-corrected chi connectivity index (χ2v) is 6.34. The largest absolute Gasteiger partial charge is 0.493 e. The first-order chi connectivity index (χ1) is 11.5. The summed E-state index contributed by atoms with van der Waals surface area (Å²) in [6, 6.07) is 4.02. The number of carbonyl (C=O) groups excluding carboxylic acids is 1. The van der Waals surface area contributed by atoms with E-state index in [2.05, 4.69) is 10.2 Å². The van der Waals surface area contributed by atoms with E-state index in [1.165, 1.54) is 5.56 Å². The molecule has 0 spiro atoms. The van der Waals surface area contributed by atoms with Crippen LogP contribution in [0, 0.1) is 0 Å². The van der Waals surface area contributed by atoms with Gasteiger partial charge in [-0.2, -0.15) is 0 Å². The molecule has 0 saturated carbocycles. The van der Waals surface area contributed by atoms with E-state index >= 15 is 0 Å². The summed E-state index contributed by atoms with van der Waals surface area (Å²) in [5, 5.41) is 3.31. The van der Waals surface area contributed by atoms with Crippen molar-refractivity contribution in [1.29, 1.82) is 0 Å². The van der Waals surface area contributed by atoms with Crippen molar-refractivity contribution in [2.45, 2.75) is 19.4 Å². The first kappa shape index (κ1) is 18.5. The summed E-state index contributed by atoms with van der Waals surface area (Å²) >= 11 is 0. The van der Waals surface area contributed by atoms with Crippen molar-refractivity contribution in [3.8, 4) is 11.5 Å². The quantitative estimate of drug-likeness (QED) is 0.722. The Balaban J connectivity index is 1.88. The smallest absolute Gasteiger partial charge is 0.224 e. The fourth-order valence-electron chi connectivity index (χ4n) is 2.88. The van der Waals surface area contributed by atoms with E-state index in [-0.39, 0.29) is 5.91 Å². The molecule has 0 aromatic heterocycles. The molecule has 1 heterocycles. The number of benzene rings is 1. The molecule has 2 rings (SSSR count). The van der Waals surface area contributed by atoms with Crippen molar-refractivity contribution >= 4 is 5.91 Å². The van der Waals surface area contributed by atoms with Gasteiger partial charge in [-0.15, -0.1) is 0 Å². The number of fused-ring (bicyclic) bond motifs is 1. The molecule has 0 unspecified atom stereocenters. The van der Waals surface area contributed by atoms with Crippen molar-refractivity contribution in [2.75, 3.05) is 54.5 Å². The van der Waals surface area contributed by atoms with Gasteiger partial charge in [-0.3, -0.25) is 4.79 Å². The van der Waals surface area contributed by atoms with E-state index in [9.17, 15) is 4.79 Å². The van der Waals surface area contributed by atoms with Crippen LogP contribution in [0.2, 0.25) is 0 Å². The number of rotatable bonds is 8. The number of hydrogen-bond acceptors (Lipinski definition) is 5. The monoisotopic (exact) mass is 335 g/mol. The highest BCUT2D eigenvalue weighted by molar-refractivity contribution is 5.76. The SMILES string of the molecule is COc1cc2c(cc1OC)CN(C(=O)CCNCCN(C)C)CC2. The lowest BCUT2D eigenvalue weighted by Gasteiger charge is -2.29. The summed E-state index contributed by atoms with van der Waals surface area (Å²) in [7, 11) is 7.37. The van der Waals surface area contributed by atoms with Gasteiger partial charge >= 0.3 is 0 Å². The molecule has 1 aromatic rings. The Morgan fingerprint density at radius 1 is 1.17 bits per heavy atom. The molecule has 6 heteroatoms. The maximum absolute atomic E-state index is 12.4. The van der Waals surface area contributed by atoms with Crippen molar-refractivity contribution in [2.24, 2.45) is 0 Å². The lowest BCUT2D eigenvalue weighted by molar-refractivity contribution is -0.132. The number of nitrogens with zero attached hydrogens (tertiary/aromatic N) is 2. The number of hydrogen-bond donors (Lipinski definition) is 1. The van der Waals surface area contributed by atoms with Crippen molar-refractivity contribution in [3.63, 3.8) is 0 Å². The van der Waals surface area contributed by atoms with Crippen LogP contribution in [0.3, 0.4) is 0 Å². The second-order valence-electron chi connectivity index (χ2n) is 6.34. The predicted molar refractivity (Wildman–Crippen MR) is 94.7 cm³/mol. The summed E-state index contributed by atoms with van der Waals surface area (Å²) < 4.78 is 10.7. The zero-order valence-electron chi connectivity index (χ0n) is 15.2. The van der Waals surface area contributed by atoms with Gasteiger partial charge in [-0.25, -0.2) is 0 Å². The molecule has 0 bridgehead atoms. The third-order valence-corrected chi connectivity index (χ3v) is 4.32. The van der Waals surface area contributed by atoms with Crippen LogP contribution in [-0.2, 0) is 17.8 Å². The van der Waals surface area contributed by atoms with Crippen molar-refractivity contribution in [1.82, 2.24) is 15.1 Å². The van der Waals surface area contributed by atoms with Crippen LogP contribution >= 0.6 is 0 Å². The molecule has 1 aliphatic heterocycles. The normalized spacial score (nSPS) is 13.8. The number of likely N-dealkylation sites (N-methyl/N-ethyl adjacent to an activating group) is 1. The fourth-order valence-corrected chi connectivity index (χ4v) is 2.88. The lowest BCUT2D eigenvalue weighted by atomic mass is 9.98. The number of amides is 1. The zero-order chi connectivity index (χ0) is 17.5. The van der Waals surface area contributed by atoms with Gasteiger partial charge in [-0.1, -0.05) is 0 Å². The summed E-state index contributed by atoms with van der Waals surface area (Å²) in [5.41, 5.74) is 2.38. The Labute approximate surface area is 144 Å². The molecule has 0 radical (unpaired) electrons. The third-order valence-electron chi connectivity index (χ3n) is 4.32. The Morgan fingerprint density at radius 2 is 1.83 bits per heavy atom. The molecular formula is C18H29N3O3. The van der Waals surface area contributed by atoms with E-state index in [1.54, 1.807) is 14.2 Å². The van der Waals surface area contributed by atoms with E-state index in [4.69, 9.17) is 9.47 Å². The van der Waals surface area contributed by atoms with Crippen molar-refractivity contribution in [3.05, 3.63) is 23.3 Å². The number of methoxy groups -OCH3 is 2. The minimum atomic E-state index is 0.202. The highest BCUT2D eigenvalue weighted by Gasteiger charge is 2.22. The Bertz CT molecular complexity index is 561. The average Bonchev–Trinajstić information content (AvgIpc) is 2.59. The number of nitrogens with one attached hydrogen (secondary N) is 1. The summed E-state index contributed by atoms with van der Waals surface area (Å²) in [6.45, 7) is 4.01. The van der Waals surface area contributed by atoms with Gasteiger partial charge in [0.05, 0.1) is 14.2 Å². The zero-order valence-corrected chi connectivity index (χ0v) is 15.2. The van der Waals surface area contributed by atoms with Crippen LogP contribution in [-0.4, -0.2) is 70.2 Å². The molecule has 24 heavy (non-hydrogen) atoms. The fraction of sp³-hybridized carbons (Fsp3) is 0.611. The first-order valence-electron chi connectivity index (χ1n) is 8.42. The molecule has 1 N–H and O–H groups in total. The van der Waals surface area contributed by atoms with Gasteiger partial charge in [0.15, 0.2) is 11.5 Å². The van der Waals surface area contributed by atoms with Crippen LogP contribution < -0.4 is 14.8 Å². The molecule has 0 saturated heterocycles. The van der Waals surface area contributed by atoms with Crippen LogP contribution in [0.25, 0.3) is 0 Å². The molecule has 6 nitrogen and oxygen atoms in total. The molecule has 0 aliphatic carbocycles. The number of carbonyl (C=O) groups is 1. The Kier molecular flexibility index (Phi) is 6.87. The van der Waals surface area contributed by atoms with Gasteiger partial charge in [0.1, 0.15) is 0 Å². The predicted octanol–water partition coefficient (Wildman–Crippen LogP) is 1.13. The van der Waals surface area contributed by atoms with Gasteiger partial charge in [-0.05, 0) is 43.8 Å². The van der Waals surface area contributed by atoms with E-state index in [1.807, 2.05) is 31.1 Å². The van der Waals surface area contributed by atoms with Crippen LogP contribution in [0.5, 0.6) is 11.5 Å². The summed E-state index contributed by atoms with van der Waals surface area (Å²) in [4.78, 5) is 16.5. The standard InChI is InChI=1S/C18H29N3O3/c1-20(2)10-8-19-7-5-18(22)21-9-6-14-11-16(23-3)17(24-4)12-15(14)13-21/h11-12,19H,5-10,13H2,1-4H3. The molecule has 1 aromatic carbocycles. The topological polar surface area (TPSA) is 54.0 Å². The van der Waals surface area contributed by atoms with Crippen molar-refractivity contribution < 1.29 is 14.3 Å². The average molecular weight is 335 g/mol. The van der Waals surface area contributed by atoms with Gasteiger partial charge in [0.25, 0.3) is 0 Å². The van der Waals surface area contributed by atoms with E-state index in [0.29, 0.717) is 13.0 Å². The van der Waals surface area contributed by atoms with Gasteiger partial charge in [0.2, 0.25) is 5.91 Å². The Hall–Kier alpha value is -1.79. The molecule has 0 atom stereocenters. The molecule has 0 fully saturated rings. The number of ether oxygens (including phenoxy) is 2. The highest BCUT2D eigenvalue weighted by atomic mass is 16.5. The minimum Gasteiger partial charge on any atom is -0.493 e. The van der Waals surface area contributed by atoms with Crippen LogP contribution in [0.1, 0.15) is 17.5 Å². The van der Waals surface area contributed by atoms with Crippen LogP contribution in [0.15, 0.2) is 12.1 Å². The molecule has 1 amide bonds. The van der Waals surface area contributed by atoms with E-state index < -0.39 is 0 Å². The first-order valence-corrected chi connectivity index (χ1v) is 8.42. The summed E-state index contributed by atoms with van der Waals surface area (Å²) in [6.07, 6.45) is 1.39. The molecule has 1 aliphatic rings. The van der Waals surface area contributed by atoms with Gasteiger partial charge < -0.3 is 24.6 Å². The van der Waals surface area contributed by atoms with E-state index in [0.717, 1.165) is 49.7 Å². The Morgan fingerprint density at radius 3 is 2.46 bits per heavy atom. The summed E-state index contributed by atoms with van der Waals surface area (Å²) in [5.74, 6) is 1.67. The second kappa shape index (κ2) is 8.89. The molecule has 134 valence electrons. The van der Waals surface area contributed by atoms with Gasteiger partial charge in [0, 0.05) is 39.1 Å². The third kappa shape index (κ3) is 4.85. The lowest BCUT2D eigenvalue weighted by Crippen LogP contribution is -2.38. The minimum absolute atomic E-state index is 0.202. The highest BCUT2D eigenvalue weighted by Crippen LogP contribution is 2.33. The molecular weight excluding hydrogens is 306 g/mol. The maximum atomic E-state index is 12.4.